The lowest BCUT2D eigenvalue weighted by atomic mass is 10.2. The molecule has 0 radical (unpaired) electrons. The topological polar surface area (TPSA) is 15.6 Å². The van der Waals surface area contributed by atoms with Crippen LogP contribution >= 0.6 is 0 Å². The predicted molar refractivity (Wildman–Crippen MR) is 102 cm³/mol. The largest absolute Gasteiger partial charge is 0.344 e. The van der Waals surface area contributed by atoms with Crippen molar-refractivity contribution in [2.75, 3.05) is 13.1 Å². The van der Waals surface area contributed by atoms with Gasteiger partial charge in [0.05, 0.1) is 6.54 Å². The van der Waals surface area contributed by atoms with Gasteiger partial charge in [0, 0.05) is 12.8 Å². The number of hydrogen-bond donors (Lipinski definition) is 0. The fraction of sp³-hybridized carbons (Fsp3) is 0.471. The summed E-state index contributed by atoms with van der Waals surface area (Å²) in [6, 6.07) is 10.3. The molecule has 0 atom stereocenters. The minimum Gasteiger partial charge on any atom is -0.344 e. The summed E-state index contributed by atoms with van der Waals surface area (Å²) in [7, 11) is -2.48. The van der Waals surface area contributed by atoms with E-state index in [1.165, 1.54) is 5.56 Å². The standard InChI is InChI=1S/C17H30N2Si2/c1-20(2,3)19(21(4,5)6)16-15-18-14-10-13-17-11-8-7-9-12-17/h7-14H,15-16H2,1-6H3. The van der Waals surface area contributed by atoms with E-state index < -0.39 is 16.5 Å². The van der Waals surface area contributed by atoms with Crippen molar-refractivity contribution >= 4 is 28.8 Å². The van der Waals surface area contributed by atoms with E-state index in [2.05, 4.69) is 78.8 Å². The minimum atomic E-state index is -1.24. The van der Waals surface area contributed by atoms with Crippen LogP contribution in [0.5, 0.6) is 0 Å². The first-order valence-electron chi connectivity index (χ1n) is 7.70. The average Bonchev–Trinajstić information content (AvgIpc) is 2.35. The Morgan fingerprint density at radius 2 is 1.52 bits per heavy atom. The third kappa shape index (κ3) is 7.02. The molecule has 2 nitrogen and oxygen atoms in total. The predicted octanol–water partition coefficient (Wildman–Crippen LogP) is 4.74. The van der Waals surface area contributed by atoms with Crippen LogP contribution in [0.4, 0.5) is 0 Å². The van der Waals surface area contributed by atoms with Gasteiger partial charge >= 0.3 is 0 Å². The molecule has 1 aromatic rings. The quantitative estimate of drug-likeness (QED) is 0.523. The second-order valence-electron chi connectivity index (χ2n) is 7.32. The fourth-order valence-corrected chi connectivity index (χ4v) is 12.3. The molecule has 0 unspecified atom stereocenters. The Labute approximate surface area is 132 Å². The lowest BCUT2D eigenvalue weighted by molar-refractivity contribution is 0.622. The summed E-state index contributed by atoms with van der Waals surface area (Å²) in [5.41, 5.74) is 1.22. The number of hydrogen-bond acceptors (Lipinski definition) is 2. The highest BCUT2D eigenvalue weighted by atomic mass is 28.4. The highest BCUT2D eigenvalue weighted by molar-refractivity contribution is 6.89. The monoisotopic (exact) mass is 318 g/mol. The molecule has 1 aromatic carbocycles. The minimum absolute atomic E-state index is 0.896. The molecule has 0 aliphatic carbocycles. The second-order valence-corrected chi connectivity index (χ2v) is 17.5. The van der Waals surface area contributed by atoms with E-state index in [0.717, 1.165) is 13.1 Å². The van der Waals surface area contributed by atoms with Crippen molar-refractivity contribution in [3.05, 3.63) is 42.0 Å². The Kier molecular flexibility index (Phi) is 6.77. The van der Waals surface area contributed by atoms with Crippen molar-refractivity contribution in [1.82, 2.24) is 4.23 Å². The van der Waals surface area contributed by atoms with Crippen molar-refractivity contribution in [3.63, 3.8) is 0 Å². The van der Waals surface area contributed by atoms with E-state index in [1.54, 1.807) is 0 Å². The summed E-state index contributed by atoms with van der Waals surface area (Å²) < 4.78 is 2.78. The molecule has 0 fully saturated rings. The molecule has 0 saturated carbocycles. The molecule has 0 N–H and O–H groups in total. The van der Waals surface area contributed by atoms with Gasteiger partial charge in [-0.1, -0.05) is 75.7 Å². The van der Waals surface area contributed by atoms with Gasteiger partial charge in [0.1, 0.15) is 16.5 Å². The van der Waals surface area contributed by atoms with Crippen LogP contribution < -0.4 is 0 Å². The maximum absolute atomic E-state index is 4.54. The maximum Gasteiger partial charge on any atom is 0.112 e. The first-order chi connectivity index (χ1) is 9.71. The molecule has 0 aliphatic rings. The molecule has 0 spiro atoms. The Bertz CT molecular complexity index is 454. The maximum atomic E-state index is 4.54. The van der Waals surface area contributed by atoms with Gasteiger partial charge in [-0.25, -0.2) is 0 Å². The van der Waals surface area contributed by atoms with Gasteiger partial charge in [-0.2, -0.15) is 0 Å². The van der Waals surface area contributed by atoms with Crippen LogP contribution in [0.25, 0.3) is 6.08 Å². The second kappa shape index (κ2) is 7.87. The van der Waals surface area contributed by atoms with E-state index in [1.807, 2.05) is 18.4 Å². The molecule has 1 rings (SSSR count). The Hall–Kier alpha value is -0.976. The highest BCUT2D eigenvalue weighted by Gasteiger charge is 2.33. The van der Waals surface area contributed by atoms with Gasteiger partial charge in [0.15, 0.2) is 0 Å². The molecule has 0 saturated heterocycles. The zero-order valence-corrected chi connectivity index (χ0v) is 16.4. The molecule has 0 heterocycles. The van der Waals surface area contributed by atoms with Crippen LogP contribution in [0.15, 0.2) is 41.4 Å². The lowest BCUT2D eigenvalue weighted by Gasteiger charge is -2.43. The Morgan fingerprint density at radius 1 is 0.952 bits per heavy atom. The van der Waals surface area contributed by atoms with Crippen LogP contribution in [0.3, 0.4) is 0 Å². The first-order valence-corrected chi connectivity index (χ1v) is 14.6. The molecule has 116 valence electrons. The average molecular weight is 319 g/mol. The summed E-state index contributed by atoms with van der Waals surface area (Å²) in [4.78, 5) is 4.54. The first kappa shape index (κ1) is 18.1. The van der Waals surface area contributed by atoms with E-state index in [0.29, 0.717) is 0 Å². The van der Waals surface area contributed by atoms with Gasteiger partial charge in [-0.05, 0) is 11.6 Å². The third-order valence-corrected chi connectivity index (χ3v) is 11.1. The normalized spacial score (nSPS) is 13.7. The van der Waals surface area contributed by atoms with Gasteiger partial charge in [-0.15, -0.1) is 0 Å². The van der Waals surface area contributed by atoms with Crippen molar-refractivity contribution in [1.29, 1.82) is 0 Å². The zero-order chi connectivity index (χ0) is 15.9. The fourth-order valence-electron chi connectivity index (χ4n) is 2.69. The molecule has 0 aliphatic heterocycles. The van der Waals surface area contributed by atoms with Crippen molar-refractivity contribution < 1.29 is 0 Å². The summed E-state index contributed by atoms with van der Waals surface area (Å²) in [5, 5.41) is 0. The number of nitrogens with zero attached hydrogens (tertiary/aromatic N) is 2. The summed E-state index contributed by atoms with van der Waals surface area (Å²) >= 11 is 0. The molecular formula is C17H30N2Si2. The molecule has 0 aromatic heterocycles. The van der Waals surface area contributed by atoms with Crippen LogP contribution in [0.1, 0.15) is 5.56 Å². The Balaban J connectivity index is 2.48. The highest BCUT2D eigenvalue weighted by Crippen LogP contribution is 2.18. The van der Waals surface area contributed by atoms with Crippen LogP contribution in [0.2, 0.25) is 39.3 Å². The van der Waals surface area contributed by atoms with Gasteiger partial charge in [-0.3, -0.25) is 4.99 Å². The van der Waals surface area contributed by atoms with Crippen LogP contribution in [0, 0.1) is 0 Å². The van der Waals surface area contributed by atoms with E-state index in [-0.39, 0.29) is 0 Å². The molecule has 0 amide bonds. The number of benzene rings is 1. The lowest BCUT2D eigenvalue weighted by Crippen LogP contribution is -2.59. The number of rotatable bonds is 7. The van der Waals surface area contributed by atoms with Crippen LogP contribution in [-0.2, 0) is 0 Å². The van der Waals surface area contributed by atoms with Gasteiger partial charge < -0.3 is 4.23 Å². The van der Waals surface area contributed by atoms with E-state index in [4.69, 9.17) is 0 Å². The molecular weight excluding hydrogens is 288 g/mol. The van der Waals surface area contributed by atoms with Gasteiger partial charge in [0.2, 0.25) is 0 Å². The number of allylic oxidation sites excluding steroid dienone is 1. The Morgan fingerprint density at radius 3 is 2.05 bits per heavy atom. The third-order valence-electron chi connectivity index (χ3n) is 3.35. The van der Waals surface area contributed by atoms with E-state index >= 15 is 0 Å². The SMILES string of the molecule is C[Si](C)(C)N(CCN=CC=Cc1ccccc1)[Si](C)(C)C. The van der Waals surface area contributed by atoms with Crippen molar-refractivity contribution in [2.24, 2.45) is 4.99 Å². The number of aliphatic imine (C=N–C) groups is 1. The summed E-state index contributed by atoms with van der Waals surface area (Å²) in [6.07, 6.45) is 6.06. The van der Waals surface area contributed by atoms with Crippen molar-refractivity contribution in [3.8, 4) is 0 Å². The zero-order valence-electron chi connectivity index (χ0n) is 14.4. The molecule has 0 bridgehead atoms. The smallest absolute Gasteiger partial charge is 0.112 e. The van der Waals surface area contributed by atoms with Crippen molar-refractivity contribution in [2.45, 2.75) is 39.3 Å². The summed E-state index contributed by atoms with van der Waals surface area (Å²) in [5.74, 6) is 0. The summed E-state index contributed by atoms with van der Waals surface area (Å²) in [6.45, 7) is 16.6. The van der Waals surface area contributed by atoms with Crippen LogP contribution in [-0.4, -0.2) is 40.0 Å². The molecule has 4 heteroatoms. The molecule has 21 heavy (non-hydrogen) atoms. The van der Waals surface area contributed by atoms with E-state index in [9.17, 15) is 0 Å². The van der Waals surface area contributed by atoms with Gasteiger partial charge in [0.25, 0.3) is 0 Å².